The van der Waals surface area contributed by atoms with Crippen LogP contribution in [0.1, 0.15) is 13.3 Å². The predicted octanol–water partition coefficient (Wildman–Crippen LogP) is 0.563. The van der Waals surface area contributed by atoms with Gasteiger partial charge in [-0.1, -0.05) is 0 Å². The van der Waals surface area contributed by atoms with E-state index in [1.165, 1.54) is 26.1 Å². The van der Waals surface area contributed by atoms with Gasteiger partial charge in [0.05, 0.1) is 6.61 Å². The molecule has 3 nitrogen and oxygen atoms in total. The molecule has 82 valence electrons. The second-order valence-corrected chi connectivity index (χ2v) is 4.81. The smallest absolute Gasteiger partial charge is 0.0589 e. The summed E-state index contributed by atoms with van der Waals surface area (Å²) in [7, 11) is 1.79. The molecule has 3 atom stereocenters. The Bertz CT molecular complexity index is 186. The summed E-state index contributed by atoms with van der Waals surface area (Å²) >= 11 is 0. The molecule has 2 aliphatic heterocycles. The fraction of sp³-hybridized carbons (Fsp3) is 1.00. The van der Waals surface area contributed by atoms with Gasteiger partial charge in [-0.3, -0.25) is 0 Å². The molecule has 2 bridgehead atoms. The minimum atomic E-state index is 0.705. The molecule has 0 aromatic rings. The van der Waals surface area contributed by atoms with Crippen molar-refractivity contribution < 1.29 is 4.74 Å². The van der Waals surface area contributed by atoms with Gasteiger partial charge in [-0.05, 0) is 31.7 Å². The molecule has 0 spiro atoms. The summed E-state index contributed by atoms with van der Waals surface area (Å²) in [4.78, 5) is 2.57. The summed E-state index contributed by atoms with van der Waals surface area (Å²) in [6, 6.07) is 0.705. The minimum absolute atomic E-state index is 0.705. The average molecular weight is 198 g/mol. The van der Waals surface area contributed by atoms with Crippen molar-refractivity contribution in [2.75, 3.05) is 39.9 Å². The van der Waals surface area contributed by atoms with Gasteiger partial charge in [0, 0.05) is 32.8 Å². The molecule has 0 aliphatic carbocycles. The van der Waals surface area contributed by atoms with Crippen LogP contribution in [0.2, 0.25) is 0 Å². The van der Waals surface area contributed by atoms with Gasteiger partial charge in [-0.25, -0.2) is 0 Å². The molecule has 0 unspecified atom stereocenters. The zero-order valence-electron chi connectivity index (χ0n) is 9.33. The van der Waals surface area contributed by atoms with E-state index >= 15 is 0 Å². The van der Waals surface area contributed by atoms with Gasteiger partial charge in [0.15, 0.2) is 0 Å². The van der Waals surface area contributed by atoms with Crippen molar-refractivity contribution in [3.63, 3.8) is 0 Å². The quantitative estimate of drug-likeness (QED) is 0.717. The molecule has 0 radical (unpaired) electrons. The van der Waals surface area contributed by atoms with Crippen LogP contribution in [0.4, 0.5) is 0 Å². The molecule has 0 saturated carbocycles. The van der Waals surface area contributed by atoms with Gasteiger partial charge in [-0.15, -0.1) is 0 Å². The molecule has 0 aromatic heterocycles. The Kier molecular flexibility index (Phi) is 3.42. The van der Waals surface area contributed by atoms with Gasteiger partial charge >= 0.3 is 0 Å². The van der Waals surface area contributed by atoms with E-state index in [1.807, 2.05) is 0 Å². The van der Waals surface area contributed by atoms with Gasteiger partial charge in [-0.2, -0.15) is 0 Å². The van der Waals surface area contributed by atoms with Crippen molar-refractivity contribution in [1.29, 1.82) is 0 Å². The number of hydrogen-bond donors (Lipinski definition) is 1. The number of fused-ring (bicyclic) bond motifs is 2. The molecule has 14 heavy (non-hydrogen) atoms. The van der Waals surface area contributed by atoms with Crippen LogP contribution in [0.3, 0.4) is 0 Å². The van der Waals surface area contributed by atoms with Crippen LogP contribution in [-0.2, 0) is 4.74 Å². The van der Waals surface area contributed by atoms with Crippen molar-refractivity contribution in [3.05, 3.63) is 0 Å². The number of nitrogens with zero attached hydrogens (tertiary/aromatic N) is 1. The number of piperidine rings is 2. The highest BCUT2D eigenvalue weighted by atomic mass is 16.5. The first-order valence-electron chi connectivity index (χ1n) is 5.74. The lowest BCUT2D eigenvalue weighted by Gasteiger charge is -2.44. The first kappa shape index (κ1) is 10.4. The molecular weight excluding hydrogens is 176 g/mol. The Balaban J connectivity index is 1.85. The molecular formula is C11H22N2O. The Morgan fingerprint density at radius 3 is 3.07 bits per heavy atom. The Labute approximate surface area is 86.8 Å². The molecule has 2 heterocycles. The monoisotopic (exact) mass is 198 g/mol. The maximum absolute atomic E-state index is 5.14. The maximum Gasteiger partial charge on any atom is 0.0589 e. The third-order valence-corrected chi connectivity index (χ3v) is 3.69. The van der Waals surface area contributed by atoms with Crippen molar-refractivity contribution >= 4 is 0 Å². The summed E-state index contributed by atoms with van der Waals surface area (Å²) in [6.45, 7) is 8.03. The van der Waals surface area contributed by atoms with Crippen molar-refractivity contribution in [2.24, 2.45) is 11.8 Å². The molecule has 0 amide bonds. The number of hydrogen-bond acceptors (Lipinski definition) is 3. The van der Waals surface area contributed by atoms with E-state index in [0.717, 1.165) is 25.0 Å². The third-order valence-electron chi connectivity index (χ3n) is 3.69. The van der Waals surface area contributed by atoms with E-state index in [9.17, 15) is 0 Å². The zero-order valence-corrected chi connectivity index (χ0v) is 9.33. The van der Waals surface area contributed by atoms with Crippen LogP contribution in [0.25, 0.3) is 0 Å². The summed E-state index contributed by atoms with van der Waals surface area (Å²) in [5.41, 5.74) is 0. The average Bonchev–Trinajstić information content (AvgIpc) is 2.21. The molecule has 2 aliphatic rings. The number of nitrogens with one attached hydrogen (secondary N) is 1. The van der Waals surface area contributed by atoms with Crippen molar-refractivity contribution in [3.8, 4) is 0 Å². The molecule has 2 rings (SSSR count). The fourth-order valence-corrected chi connectivity index (χ4v) is 2.78. The summed E-state index contributed by atoms with van der Waals surface area (Å²) in [5.74, 6) is 1.74. The van der Waals surface area contributed by atoms with E-state index in [-0.39, 0.29) is 0 Å². The van der Waals surface area contributed by atoms with Crippen LogP contribution in [0.15, 0.2) is 0 Å². The highest BCUT2D eigenvalue weighted by molar-refractivity contribution is 4.90. The first-order valence-corrected chi connectivity index (χ1v) is 5.74. The number of ether oxygens (including phenoxy) is 1. The molecule has 1 N–H and O–H groups in total. The van der Waals surface area contributed by atoms with E-state index in [0.29, 0.717) is 6.04 Å². The van der Waals surface area contributed by atoms with Gasteiger partial charge in [0.25, 0.3) is 0 Å². The SMILES string of the molecule is COCCN1C[C@@H]2CN[C@H](C)[C@@H](C2)C1. The Hall–Kier alpha value is -0.120. The van der Waals surface area contributed by atoms with Gasteiger partial charge in [0.2, 0.25) is 0 Å². The lowest BCUT2D eigenvalue weighted by molar-refractivity contribution is 0.0530. The normalized spacial score (nSPS) is 38.6. The molecule has 2 saturated heterocycles. The maximum atomic E-state index is 5.14. The van der Waals surface area contributed by atoms with Gasteiger partial charge < -0.3 is 15.0 Å². The topological polar surface area (TPSA) is 24.5 Å². The van der Waals surface area contributed by atoms with E-state index in [4.69, 9.17) is 4.74 Å². The third kappa shape index (κ3) is 2.27. The van der Waals surface area contributed by atoms with Crippen LogP contribution in [-0.4, -0.2) is 50.8 Å². The standard InChI is InChI=1S/C11H22N2O/c1-9-11-5-10(6-12-9)7-13(8-11)3-4-14-2/h9-12H,3-8H2,1-2H3/t9-,10+,11+/m1/s1. The predicted molar refractivity (Wildman–Crippen MR) is 57.4 cm³/mol. The zero-order chi connectivity index (χ0) is 9.97. The summed E-state index contributed by atoms with van der Waals surface area (Å²) in [5, 5.41) is 3.60. The second kappa shape index (κ2) is 4.60. The first-order chi connectivity index (χ1) is 6.79. The lowest BCUT2D eigenvalue weighted by atomic mass is 9.81. The van der Waals surface area contributed by atoms with E-state index < -0.39 is 0 Å². The van der Waals surface area contributed by atoms with Crippen LogP contribution in [0, 0.1) is 11.8 Å². The summed E-state index contributed by atoms with van der Waals surface area (Å²) < 4.78 is 5.14. The van der Waals surface area contributed by atoms with Crippen molar-refractivity contribution in [2.45, 2.75) is 19.4 Å². The van der Waals surface area contributed by atoms with Crippen molar-refractivity contribution in [1.82, 2.24) is 10.2 Å². The number of rotatable bonds is 3. The lowest BCUT2D eigenvalue weighted by Crippen LogP contribution is -2.55. The van der Waals surface area contributed by atoms with Gasteiger partial charge in [0.1, 0.15) is 0 Å². The fourth-order valence-electron chi connectivity index (χ4n) is 2.78. The minimum Gasteiger partial charge on any atom is -0.383 e. The Morgan fingerprint density at radius 1 is 1.43 bits per heavy atom. The molecule has 3 heteroatoms. The molecule has 2 fully saturated rings. The Morgan fingerprint density at radius 2 is 2.29 bits per heavy atom. The van der Waals surface area contributed by atoms with Crippen LogP contribution < -0.4 is 5.32 Å². The summed E-state index contributed by atoms with van der Waals surface area (Å²) in [6.07, 6.45) is 1.43. The van der Waals surface area contributed by atoms with E-state index in [1.54, 1.807) is 7.11 Å². The number of likely N-dealkylation sites (tertiary alicyclic amines) is 1. The van der Waals surface area contributed by atoms with Crippen LogP contribution in [0.5, 0.6) is 0 Å². The largest absolute Gasteiger partial charge is 0.383 e. The highest BCUT2D eigenvalue weighted by Gasteiger charge is 2.33. The second-order valence-electron chi connectivity index (χ2n) is 4.81. The number of methoxy groups -OCH3 is 1. The molecule has 0 aromatic carbocycles. The van der Waals surface area contributed by atoms with E-state index in [2.05, 4.69) is 17.1 Å². The highest BCUT2D eigenvalue weighted by Crippen LogP contribution is 2.27. The van der Waals surface area contributed by atoms with Crippen LogP contribution >= 0.6 is 0 Å².